The molecule has 0 bridgehead atoms. The average Bonchev–Trinajstić information content (AvgIpc) is 2.95. The summed E-state index contributed by atoms with van der Waals surface area (Å²) in [5.41, 5.74) is 4.91. The first-order valence-electron chi connectivity index (χ1n) is 9.67. The molecule has 1 saturated carbocycles. The highest BCUT2D eigenvalue weighted by molar-refractivity contribution is 6.24. The van der Waals surface area contributed by atoms with Crippen molar-refractivity contribution in [1.82, 2.24) is 4.98 Å². The minimum atomic E-state index is 0.0480. The van der Waals surface area contributed by atoms with Gasteiger partial charge >= 0.3 is 0 Å². The van der Waals surface area contributed by atoms with Crippen molar-refractivity contribution in [2.45, 2.75) is 58.8 Å². The maximum absolute atomic E-state index is 12.3. The summed E-state index contributed by atoms with van der Waals surface area (Å²) in [6.07, 6.45) is 5.42. The number of nitrogens with zero attached hydrogens (tertiary/aromatic N) is 1. The summed E-state index contributed by atoms with van der Waals surface area (Å²) >= 11 is 0. The number of allylic oxidation sites excluding steroid dienone is 2. The minimum absolute atomic E-state index is 0.0480. The van der Waals surface area contributed by atoms with E-state index in [1.54, 1.807) is 0 Å². The number of unbranched alkanes of at least 4 members (excludes halogenated alkanes) is 1. The van der Waals surface area contributed by atoms with Crippen molar-refractivity contribution in [1.29, 1.82) is 0 Å². The fraction of sp³-hybridized carbons (Fsp3) is 0.455. The van der Waals surface area contributed by atoms with Gasteiger partial charge in [-0.2, -0.15) is 0 Å². The van der Waals surface area contributed by atoms with Gasteiger partial charge in [-0.25, -0.2) is 0 Å². The zero-order chi connectivity index (χ0) is 18.5. The lowest BCUT2D eigenvalue weighted by Gasteiger charge is -2.18. The number of Topliss-reactive ketones (excluding diaryl/α,β-unsaturated/α-hetero) is 1. The number of para-hydroxylation sites is 1. The predicted octanol–water partition coefficient (Wildman–Crippen LogP) is 5.22. The first-order chi connectivity index (χ1) is 12.6. The lowest BCUT2D eigenvalue weighted by atomic mass is 9.89. The van der Waals surface area contributed by atoms with Gasteiger partial charge in [0.05, 0.1) is 5.57 Å². The number of carbonyl (C=O) groups is 1. The molecule has 0 unspecified atom stereocenters. The minimum Gasteiger partial charge on any atom is -0.511 e. The summed E-state index contributed by atoms with van der Waals surface area (Å²) < 4.78 is 0. The number of aliphatic imine (C=N–C) groups is 1. The van der Waals surface area contributed by atoms with Crippen LogP contribution >= 0.6 is 0 Å². The van der Waals surface area contributed by atoms with Crippen LogP contribution in [0.15, 0.2) is 40.6 Å². The Labute approximate surface area is 155 Å². The Bertz CT molecular complexity index is 858. The Morgan fingerprint density at radius 1 is 1.27 bits per heavy atom. The van der Waals surface area contributed by atoms with Crippen LogP contribution in [0.4, 0.5) is 0 Å². The summed E-state index contributed by atoms with van der Waals surface area (Å²) in [5.74, 6) is 0.283. The molecule has 4 nitrogen and oxygen atoms in total. The van der Waals surface area contributed by atoms with Crippen LogP contribution in [0.3, 0.4) is 0 Å². The molecule has 1 aliphatic carbocycles. The molecule has 1 aromatic carbocycles. The van der Waals surface area contributed by atoms with E-state index in [1.165, 1.54) is 16.6 Å². The zero-order valence-electron chi connectivity index (χ0n) is 15.8. The van der Waals surface area contributed by atoms with E-state index in [-0.39, 0.29) is 11.5 Å². The first-order valence-corrected chi connectivity index (χ1v) is 9.67. The summed E-state index contributed by atoms with van der Waals surface area (Å²) in [4.78, 5) is 20.5. The number of nitrogens with one attached hydrogen (secondary N) is 1. The Balaban J connectivity index is 1.79. The SMILES string of the molecule is CCCCC(O)=C1C(=O)CCCC1=NCCc1c(C)[nH]c2ccccc12. The molecule has 2 aromatic rings. The number of carbonyl (C=O) groups excluding carboxylic acids is 1. The van der Waals surface area contributed by atoms with Crippen LogP contribution in [0.25, 0.3) is 10.9 Å². The van der Waals surface area contributed by atoms with Gasteiger partial charge < -0.3 is 10.1 Å². The molecule has 1 fully saturated rings. The summed E-state index contributed by atoms with van der Waals surface area (Å²) in [5, 5.41) is 11.6. The number of fused-ring (bicyclic) bond motifs is 1. The van der Waals surface area contributed by atoms with E-state index < -0.39 is 0 Å². The second-order valence-corrected chi connectivity index (χ2v) is 7.05. The number of hydrogen-bond acceptors (Lipinski definition) is 3. The molecule has 0 saturated heterocycles. The van der Waals surface area contributed by atoms with E-state index in [0.29, 0.717) is 25.0 Å². The molecular weight excluding hydrogens is 324 g/mol. The van der Waals surface area contributed by atoms with Crippen LogP contribution in [-0.4, -0.2) is 28.1 Å². The molecule has 1 heterocycles. The van der Waals surface area contributed by atoms with Crippen molar-refractivity contribution in [2.24, 2.45) is 4.99 Å². The fourth-order valence-corrected chi connectivity index (χ4v) is 3.74. The summed E-state index contributed by atoms with van der Waals surface area (Å²) in [6, 6.07) is 8.31. The highest BCUT2D eigenvalue weighted by Crippen LogP contribution is 2.25. The molecule has 26 heavy (non-hydrogen) atoms. The quantitative estimate of drug-likeness (QED) is 0.553. The maximum atomic E-state index is 12.3. The highest BCUT2D eigenvalue weighted by atomic mass is 16.3. The van der Waals surface area contributed by atoms with Gasteiger partial charge in [-0.05, 0) is 44.2 Å². The van der Waals surface area contributed by atoms with Gasteiger partial charge in [0.25, 0.3) is 0 Å². The number of aliphatic hydroxyl groups excluding tert-OH is 1. The second-order valence-electron chi connectivity index (χ2n) is 7.05. The number of H-pyrrole nitrogens is 1. The molecule has 2 N–H and O–H groups in total. The molecular formula is C22H28N2O2. The Hall–Kier alpha value is -2.36. The van der Waals surface area contributed by atoms with E-state index in [0.717, 1.165) is 43.3 Å². The summed E-state index contributed by atoms with van der Waals surface area (Å²) in [7, 11) is 0. The Morgan fingerprint density at radius 2 is 2.08 bits per heavy atom. The monoisotopic (exact) mass is 352 g/mol. The largest absolute Gasteiger partial charge is 0.511 e. The van der Waals surface area contributed by atoms with Crippen LogP contribution in [0, 0.1) is 6.92 Å². The van der Waals surface area contributed by atoms with Gasteiger partial charge in [0.1, 0.15) is 5.76 Å². The van der Waals surface area contributed by atoms with Crippen molar-refractivity contribution >= 4 is 22.4 Å². The highest BCUT2D eigenvalue weighted by Gasteiger charge is 2.25. The van der Waals surface area contributed by atoms with Crippen molar-refractivity contribution in [3.05, 3.63) is 46.9 Å². The van der Waals surface area contributed by atoms with Gasteiger partial charge in [0, 0.05) is 41.7 Å². The van der Waals surface area contributed by atoms with Gasteiger partial charge in [-0.15, -0.1) is 0 Å². The van der Waals surface area contributed by atoms with E-state index in [1.807, 2.05) is 6.07 Å². The van der Waals surface area contributed by atoms with E-state index >= 15 is 0 Å². The van der Waals surface area contributed by atoms with E-state index in [2.05, 4.69) is 37.0 Å². The normalized spacial score (nSPS) is 18.7. The Kier molecular flexibility index (Phi) is 5.92. The lowest BCUT2D eigenvalue weighted by Crippen LogP contribution is -2.22. The number of rotatable bonds is 6. The molecule has 0 atom stereocenters. The third kappa shape index (κ3) is 3.90. The van der Waals surface area contributed by atoms with Crippen LogP contribution in [0.5, 0.6) is 0 Å². The van der Waals surface area contributed by atoms with Crippen LogP contribution in [0.2, 0.25) is 0 Å². The molecule has 0 radical (unpaired) electrons. The Morgan fingerprint density at radius 3 is 2.88 bits per heavy atom. The van der Waals surface area contributed by atoms with Crippen molar-refractivity contribution in [2.75, 3.05) is 6.54 Å². The number of hydrogen-bond donors (Lipinski definition) is 2. The molecule has 0 aliphatic heterocycles. The molecule has 0 amide bonds. The number of ketones is 1. The first kappa shape index (κ1) is 18.4. The lowest BCUT2D eigenvalue weighted by molar-refractivity contribution is -0.115. The molecule has 138 valence electrons. The molecule has 1 aromatic heterocycles. The van der Waals surface area contributed by atoms with Crippen molar-refractivity contribution in [3.8, 4) is 0 Å². The smallest absolute Gasteiger partial charge is 0.168 e. The average molecular weight is 352 g/mol. The molecule has 3 rings (SSSR count). The van der Waals surface area contributed by atoms with Crippen LogP contribution < -0.4 is 0 Å². The van der Waals surface area contributed by atoms with Gasteiger partial charge in [-0.3, -0.25) is 9.79 Å². The second kappa shape index (κ2) is 8.35. The van der Waals surface area contributed by atoms with Crippen LogP contribution in [0.1, 0.15) is 56.7 Å². The predicted molar refractivity (Wildman–Crippen MR) is 107 cm³/mol. The van der Waals surface area contributed by atoms with Gasteiger partial charge in [0.15, 0.2) is 5.78 Å². The fourth-order valence-electron chi connectivity index (χ4n) is 3.74. The molecule has 4 heteroatoms. The van der Waals surface area contributed by atoms with Crippen molar-refractivity contribution in [3.63, 3.8) is 0 Å². The number of aromatic amines is 1. The topological polar surface area (TPSA) is 65.4 Å². The maximum Gasteiger partial charge on any atom is 0.168 e. The number of benzene rings is 1. The summed E-state index contributed by atoms with van der Waals surface area (Å²) in [6.45, 7) is 4.81. The zero-order valence-corrected chi connectivity index (χ0v) is 15.8. The van der Waals surface area contributed by atoms with Crippen molar-refractivity contribution < 1.29 is 9.90 Å². The van der Waals surface area contributed by atoms with E-state index in [9.17, 15) is 9.90 Å². The van der Waals surface area contributed by atoms with Gasteiger partial charge in [-0.1, -0.05) is 31.5 Å². The number of aryl methyl sites for hydroxylation is 1. The molecule has 1 aliphatic rings. The molecule has 0 spiro atoms. The number of aromatic nitrogens is 1. The van der Waals surface area contributed by atoms with E-state index in [4.69, 9.17) is 4.99 Å². The third-order valence-electron chi connectivity index (χ3n) is 5.13. The third-order valence-corrected chi connectivity index (χ3v) is 5.13. The standard InChI is InChI=1S/C22H28N2O2/c1-3-4-11-20(25)22-19(10-7-12-21(22)26)23-14-13-16-15(2)24-18-9-6-5-8-17(16)18/h5-6,8-9,24-25H,3-4,7,10-14H2,1-2H3. The van der Waals surface area contributed by atoms with Gasteiger partial charge in [0.2, 0.25) is 0 Å². The van der Waals surface area contributed by atoms with Crippen LogP contribution in [-0.2, 0) is 11.2 Å². The number of aliphatic hydroxyl groups is 1.